The first-order chi connectivity index (χ1) is 6.72. The first-order valence-corrected chi connectivity index (χ1v) is 4.81. The molecule has 5 heteroatoms. The topological polar surface area (TPSA) is 41.8 Å². The van der Waals surface area contributed by atoms with Crippen molar-refractivity contribution in [2.24, 2.45) is 5.16 Å². The molecule has 1 N–H and O–H groups in total. The highest BCUT2D eigenvalue weighted by atomic mass is 35.5. The molecule has 0 atom stereocenters. The van der Waals surface area contributed by atoms with E-state index in [-0.39, 0.29) is 0 Å². The van der Waals surface area contributed by atoms with Crippen molar-refractivity contribution in [3.05, 3.63) is 27.7 Å². The van der Waals surface area contributed by atoms with Gasteiger partial charge in [0.2, 0.25) is 0 Å². The van der Waals surface area contributed by atoms with E-state index in [1.165, 1.54) is 0 Å². The number of ether oxygens (including phenoxy) is 1. The summed E-state index contributed by atoms with van der Waals surface area (Å²) in [6, 6.07) is 3.27. The maximum absolute atomic E-state index is 8.75. The van der Waals surface area contributed by atoms with Crippen LogP contribution in [-0.2, 0) is 0 Å². The van der Waals surface area contributed by atoms with Crippen LogP contribution in [-0.4, -0.2) is 17.5 Å². The summed E-state index contributed by atoms with van der Waals surface area (Å²) in [6.07, 6.45) is 0.571. The molecule has 0 saturated heterocycles. The summed E-state index contributed by atoms with van der Waals surface area (Å²) in [5.74, 6) is 0.610. The minimum atomic E-state index is 0.428. The van der Waals surface area contributed by atoms with E-state index in [1.807, 2.05) is 0 Å². The zero-order valence-electron chi connectivity index (χ0n) is 7.13. The lowest BCUT2D eigenvalue weighted by Crippen LogP contribution is -2.16. The van der Waals surface area contributed by atoms with Gasteiger partial charge in [-0.15, -0.1) is 0 Å². The number of oxime groups is 1. The third-order valence-corrected chi connectivity index (χ3v) is 2.77. The van der Waals surface area contributed by atoms with Crippen LogP contribution in [0.5, 0.6) is 5.75 Å². The fourth-order valence-corrected chi connectivity index (χ4v) is 1.69. The smallest absolute Gasteiger partial charge is 0.130 e. The van der Waals surface area contributed by atoms with E-state index in [2.05, 4.69) is 5.16 Å². The summed E-state index contributed by atoms with van der Waals surface area (Å²) in [5, 5.41) is 12.8. The number of fused-ring (bicyclic) bond motifs is 1. The van der Waals surface area contributed by atoms with Crippen molar-refractivity contribution in [2.75, 3.05) is 6.61 Å². The van der Waals surface area contributed by atoms with Crippen molar-refractivity contribution in [3.8, 4) is 5.75 Å². The van der Waals surface area contributed by atoms with E-state index in [0.717, 1.165) is 0 Å². The van der Waals surface area contributed by atoms with Crippen LogP contribution in [0.3, 0.4) is 0 Å². The zero-order chi connectivity index (χ0) is 10.1. The van der Waals surface area contributed by atoms with Crippen LogP contribution in [0.15, 0.2) is 17.3 Å². The summed E-state index contributed by atoms with van der Waals surface area (Å²) in [4.78, 5) is 0. The van der Waals surface area contributed by atoms with Crippen molar-refractivity contribution in [3.63, 3.8) is 0 Å². The van der Waals surface area contributed by atoms with Crippen LogP contribution < -0.4 is 4.74 Å². The molecule has 1 aromatic rings. The predicted molar refractivity (Wildman–Crippen MR) is 54.9 cm³/mol. The molecule has 0 spiro atoms. The molecule has 14 heavy (non-hydrogen) atoms. The lowest BCUT2D eigenvalue weighted by Gasteiger charge is -2.18. The largest absolute Gasteiger partial charge is 0.492 e. The molecular weight excluding hydrogens is 225 g/mol. The maximum atomic E-state index is 8.75. The Morgan fingerprint density at radius 3 is 2.71 bits per heavy atom. The number of benzene rings is 1. The molecule has 1 heterocycles. The van der Waals surface area contributed by atoms with Crippen molar-refractivity contribution in [2.45, 2.75) is 6.42 Å². The van der Waals surface area contributed by atoms with Crippen molar-refractivity contribution in [1.29, 1.82) is 0 Å². The second kappa shape index (κ2) is 3.67. The van der Waals surface area contributed by atoms with Gasteiger partial charge in [0, 0.05) is 18.1 Å². The van der Waals surface area contributed by atoms with E-state index < -0.39 is 0 Å². The monoisotopic (exact) mass is 231 g/mol. The van der Waals surface area contributed by atoms with Gasteiger partial charge in [-0.3, -0.25) is 0 Å². The Morgan fingerprint density at radius 2 is 2.00 bits per heavy atom. The molecule has 0 aromatic heterocycles. The highest BCUT2D eigenvalue weighted by Crippen LogP contribution is 2.33. The fraction of sp³-hybridized carbons (Fsp3) is 0.222. The van der Waals surface area contributed by atoms with E-state index in [0.29, 0.717) is 40.1 Å². The summed E-state index contributed by atoms with van der Waals surface area (Å²) in [7, 11) is 0. The van der Waals surface area contributed by atoms with Crippen molar-refractivity contribution >= 4 is 28.9 Å². The van der Waals surface area contributed by atoms with Crippen LogP contribution in [0.4, 0.5) is 0 Å². The molecule has 2 rings (SSSR count). The number of nitrogens with zero attached hydrogens (tertiary/aromatic N) is 1. The highest BCUT2D eigenvalue weighted by Gasteiger charge is 2.19. The SMILES string of the molecule is ON=C1CCOc2cc(Cl)c(Cl)cc21. The van der Waals surface area contributed by atoms with Gasteiger partial charge in [0.05, 0.1) is 22.4 Å². The second-order valence-electron chi connectivity index (χ2n) is 2.91. The predicted octanol–water partition coefficient (Wildman–Crippen LogP) is 2.95. The number of rotatable bonds is 0. The van der Waals surface area contributed by atoms with Crippen LogP contribution in [0.25, 0.3) is 0 Å². The van der Waals surface area contributed by atoms with E-state index >= 15 is 0 Å². The normalized spacial score (nSPS) is 17.7. The van der Waals surface area contributed by atoms with Gasteiger partial charge >= 0.3 is 0 Å². The third-order valence-electron chi connectivity index (χ3n) is 2.05. The van der Waals surface area contributed by atoms with Gasteiger partial charge in [0.15, 0.2) is 0 Å². The van der Waals surface area contributed by atoms with Gasteiger partial charge in [-0.2, -0.15) is 0 Å². The first-order valence-electron chi connectivity index (χ1n) is 4.05. The Labute approximate surface area is 90.9 Å². The van der Waals surface area contributed by atoms with E-state index in [9.17, 15) is 0 Å². The summed E-state index contributed by atoms with van der Waals surface area (Å²) in [6.45, 7) is 0.490. The van der Waals surface area contributed by atoms with Crippen molar-refractivity contribution in [1.82, 2.24) is 0 Å². The van der Waals surface area contributed by atoms with Gasteiger partial charge in [0.1, 0.15) is 5.75 Å². The fourth-order valence-electron chi connectivity index (χ4n) is 1.37. The molecule has 3 nitrogen and oxygen atoms in total. The molecule has 74 valence electrons. The second-order valence-corrected chi connectivity index (χ2v) is 3.72. The van der Waals surface area contributed by atoms with Crippen LogP contribution in [0.2, 0.25) is 10.0 Å². The molecule has 0 unspecified atom stereocenters. The maximum Gasteiger partial charge on any atom is 0.130 e. The average Bonchev–Trinajstić information content (AvgIpc) is 2.19. The molecule has 0 saturated carbocycles. The molecule has 0 radical (unpaired) electrons. The Kier molecular flexibility index (Phi) is 2.52. The van der Waals surface area contributed by atoms with Gasteiger partial charge in [0.25, 0.3) is 0 Å². The quantitative estimate of drug-likeness (QED) is 0.551. The Hall–Kier alpha value is -0.930. The third kappa shape index (κ3) is 1.53. The summed E-state index contributed by atoms with van der Waals surface area (Å²) in [5.41, 5.74) is 1.28. The molecule has 0 bridgehead atoms. The standard InChI is InChI=1S/C9H7Cl2NO2/c10-6-3-5-8(12-13)1-2-14-9(5)4-7(6)11/h3-4,13H,1-2H2. The lowest BCUT2D eigenvalue weighted by molar-refractivity contribution is 0.298. The van der Waals surface area contributed by atoms with Gasteiger partial charge < -0.3 is 9.94 Å². The summed E-state index contributed by atoms with van der Waals surface area (Å²) >= 11 is 11.7. The van der Waals surface area contributed by atoms with E-state index in [4.69, 9.17) is 33.1 Å². The minimum absolute atomic E-state index is 0.428. The average molecular weight is 232 g/mol. The Bertz CT molecular complexity index is 404. The summed E-state index contributed by atoms with van der Waals surface area (Å²) < 4.78 is 5.36. The van der Waals surface area contributed by atoms with Crippen LogP contribution in [0.1, 0.15) is 12.0 Å². The molecule has 0 amide bonds. The van der Waals surface area contributed by atoms with E-state index in [1.54, 1.807) is 12.1 Å². The molecule has 1 aliphatic heterocycles. The molecular formula is C9H7Cl2NO2. The molecule has 0 fully saturated rings. The Morgan fingerprint density at radius 1 is 1.29 bits per heavy atom. The van der Waals surface area contributed by atoms with Gasteiger partial charge in [-0.05, 0) is 6.07 Å². The minimum Gasteiger partial charge on any atom is -0.492 e. The Balaban J connectivity index is 2.58. The molecule has 1 aromatic carbocycles. The first kappa shape index (κ1) is 9.62. The number of halogens is 2. The number of hydrogen-bond donors (Lipinski definition) is 1. The molecule has 1 aliphatic rings. The highest BCUT2D eigenvalue weighted by molar-refractivity contribution is 6.42. The van der Waals surface area contributed by atoms with Gasteiger partial charge in [-0.25, -0.2) is 0 Å². The van der Waals surface area contributed by atoms with Crippen molar-refractivity contribution < 1.29 is 9.94 Å². The number of hydrogen-bond acceptors (Lipinski definition) is 3. The zero-order valence-corrected chi connectivity index (χ0v) is 8.64. The molecule has 0 aliphatic carbocycles. The van der Waals surface area contributed by atoms with Gasteiger partial charge in [-0.1, -0.05) is 28.4 Å². The lowest BCUT2D eigenvalue weighted by atomic mass is 10.0. The van der Waals surface area contributed by atoms with Crippen LogP contribution in [0, 0.1) is 0 Å². The van der Waals surface area contributed by atoms with Crippen LogP contribution >= 0.6 is 23.2 Å².